The van der Waals surface area contributed by atoms with Crippen LogP contribution in [0.1, 0.15) is 24.5 Å². The Morgan fingerprint density at radius 1 is 1.16 bits per heavy atom. The predicted molar refractivity (Wildman–Crippen MR) is 85.1 cm³/mol. The Kier molecular flexibility index (Phi) is 8.46. The van der Waals surface area contributed by atoms with Crippen LogP contribution in [0.5, 0.6) is 0 Å². The second kappa shape index (κ2) is 9.95. The maximum atomic E-state index is 6.08. The van der Waals surface area contributed by atoms with Gasteiger partial charge >= 0.3 is 0 Å². The quantitative estimate of drug-likeness (QED) is 0.608. The van der Waals surface area contributed by atoms with E-state index in [4.69, 9.17) is 9.16 Å². The Morgan fingerprint density at radius 3 is 2.47 bits per heavy atom. The van der Waals surface area contributed by atoms with Gasteiger partial charge < -0.3 is 9.16 Å². The second-order valence-electron chi connectivity index (χ2n) is 4.76. The molecule has 3 heteroatoms. The van der Waals surface area contributed by atoms with Crippen LogP contribution in [-0.2, 0) is 15.6 Å². The highest BCUT2D eigenvalue weighted by atomic mass is 28.3. The number of ether oxygens (including phenoxy) is 1. The largest absolute Gasteiger partial charge is 0.420 e. The van der Waals surface area contributed by atoms with Crippen molar-refractivity contribution in [2.75, 3.05) is 20.3 Å². The Bertz CT molecular complexity index is 348. The number of rotatable bonds is 10. The van der Waals surface area contributed by atoms with Crippen LogP contribution in [0.4, 0.5) is 0 Å². The van der Waals surface area contributed by atoms with Crippen LogP contribution in [0.3, 0.4) is 0 Å². The van der Waals surface area contributed by atoms with Crippen molar-refractivity contribution in [3.05, 3.63) is 42.0 Å². The fourth-order valence-corrected chi connectivity index (χ4v) is 4.26. The Labute approximate surface area is 119 Å². The minimum atomic E-state index is -1.05. The summed E-state index contributed by atoms with van der Waals surface area (Å²) in [6.07, 6.45) is 4.08. The summed E-state index contributed by atoms with van der Waals surface area (Å²) in [6.45, 7) is 7.67. The molecule has 1 aromatic rings. The van der Waals surface area contributed by atoms with Crippen LogP contribution in [0.2, 0.25) is 12.1 Å². The van der Waals surface area contributed by atoms with Crippen LogP contribution in [0.15, 0.2) is 30.8 Å². The third-order valence-electron chi connectivity index (χ3n) is 3.21. The van der Waals surface area contributed by atoms with Gasteiger partial charge in [0, 0.05) is 20.3 Å². The molecule has 0 amide bonds. The smallest absolute Gasteiger partial charge is 0.179 e. The van der Waals surface area contributed by atoms with Gasteiger partial charge in [0.25, 0.3) is 0 Å². The van der Waals surface area contributed by atoms with Crippen molar-refractivity contribution in [2.24, 2.45) is 0 Å². The third kappa shape index (κ3) is 6.71. The minimum Gasteiger partial charge on any atom is -0.420 e. The highest BCUT2D eigenvalue weighted by Gasteiger charge is 2.10. The van der Waals surface area contributed by atoms with Crippen molar-refractivity contribution in [2.45, 2.75) is 31.9 Å². The van der Waals surface area contributed by atoms with E-state index >= 15 is 0 Å². The lowest BCUT2D eigenvalue weighted by molar-refractivity contribution is 0.208. The summed E-state index contributed by atoms with van der Waals surface area (Å²) in [5.74, 6) is 0. The van der Waals surface area contributed by atoms with E-state index in [1.807, 2.05) is 6.08 Å². The van der Waals surface area contributed by atoms with E-state index in [-0.39, 0.29) is 0 Å². The van der Waals surface area contributed by atoms with E-state index in [0.29, 0.717) is 0 Å². The molecule has 1 unspecified atom stereocenters. The molecule has 0 bridgehead atoms. The monoisotopic (exact) mass is 278 g/mol. The van der Waals surface area contributed by atoms with Crippen molar-refractivity contribution in [1.29, 1.82) is 0 Å². The first-order valence-corrected chi connectivity index (χ1v) is 9.22. The van der Waals surface area contributed by atoms with Gasteiger partial charge in [-0.2, -0.15) is 0 Å². The van der Waals surface area contributed by atoms with Crippen LogP contribution >= 0.6 is 0 Å². The first-order chi connectivity index (χ1) is 9.30. The molecule has 0 N–H and O–H groups in total. The molecule has 0 saturated carbocycles. The van der Waals surface area contributed by atoms with E-state index < -0.39 is 9.04 Å². The Balaban J connectivity index is 2.31. The number of methoxy groups -OCH3 is 1. The zero-order chi connectivity index (χ0) is 13.9. The molecule has 0 aliphatic rings. The van der Waals surface area contributed by atoms with E-state index in [1.165, 1.54) is 23.6 Å². The highest BCUT2D eigenvalue weighted by molar-refractivity contribution is 6.51. The van der Waals surface area contributed by atoms with Gasteiger partial charge in [0.2, 0.25) is 0 Å². The summed E-state index contributed by atoms with van der Waals surface area (Å²) in [4.78, 5) is 0. The van der Waals surface area contributed by atoms with E-state index in [2.05, 4.69) is 37.8 Å². The van der Waals surface area contributed by atoms with Crippen molar-refractivity contribution in [3.8, 4) is 0 Å². The topological polar surface area (TPSA) is 18.5 Å². The summed E-state index contributed by atoms with van der Waals surface area (Å²) < 4.78 is 11.2. The van der Waals surface area contributed by atoms with E-state index in [0.717, 1.165) is 25.7 Å². The van der Waals surface area contributed by atoms with Crippen LogP contribution in [0, 0.1) is 0 Å². The summed E-state index contributed by atoms with van der Waals surface area (Å²) in [5.41, 5.74) is 2.50. The van der Waals surface area contributed by atoms with Crippen molar-refractivity contribution >= 4 is 15.1 Å². The molecule has 0 saturated heterocycles. The summed E-state index contributed by atoms with van der Waals surface area (Å²) in [6, 6.07) is 10.9. The molecule has 1 atom stereocenters. The molecule has 19 heavy (non-hydrogen) atoms. The summed E-state index contributed by atoms with van der Waals surface area (Å²) in [5, 5.41) is 0. The normalized spacial score (nSPS) is 12.3. The molecule has 0 heterocycles. The van der Waals surface area contributed by atoms with Gasteiger partial charge in [-0.25, -0.2) is 0 Å². The van der Waals surface area contributed by atoms with Gasteiger partial charge in [-0.1, -0.05) is 50.3 Å². The van der Waals surface area contributed by atoms with Crippen LogP contribution in [-0.4, -0.2) is 29.4 Å². The van der Waals surface area contributed by atoms with Gasteiger partial charge in [0.1, 0.15) is 0 Å². The zero-order valence-corrected chi connectivity index (χ0v) is 13.4. The number of hydrogen-bond acceptors (Lipinski definition) is 2. The SMILES string of the molecule is C=Cc1ccc(CCO[SiH](CCC)CCOC)cc1. The first kappa shape index (κ1) is 16.2. The van der Waals surface area contributed by atoms with Gasteiger partial charge in [0.05, 0.1) is 0 Å². The molecule has 0 radical (unpaired) electrons. The zero-order valence-electron chi connectivity index (χ0n) is 12.2. The fraction of sp³-hybridized carbons (Fsp3) is 0.500. The lowest BCUT2D eigenvalue weighted by atomic mass is 10.1. The number of benzene rings is 1. The van der Waals surface area contributed by atoms with Crippen LogP contribution < -0.4 is 0 Å². The maximum absolute atomic E-state index is 6.08. The molecule has 0 fully saturated rings. The van der Waals surface area contributed by atoms with Crippen molar-refractivity contribution in [1.82, 2.24) is 0 Å². The highest BCUT2D eigenvalue weighted by Crippen LogP contribution is 2.09. The number of hydrogen-bond donors (Lipinski definition) is 0. The molecular weight excluding hydrogens is 252 g/mol. The summed E-state index contributed by atoms with van der Waals surface area (Å²) >= 11 is 0. The Hall–Kier alpha value is -0.903. The maximum Gasteiger partial charge on any atom is 0.179 e. The molecule has 0 aliphatic heterocycles. The molecule has 106 valence electrons. The average Bonchev–Trinajstić information content (AvgIpc) is 2.45. The van der Waals surface area contributed by atoms with Gasteiger partial charge in [-0.05, 0) is 29.6 Å². The minimum absolute atomic E-state index is 0.838. The van der Waals surface area contributed by atoms with E-state index in [9.17, 15) is 0 Å². The van der Waals surface area contributed by atoms with Gasteiger partial charge in [-0.15, -0.1) is 0 Å². The van der Waals surface area contributed by atoms with Crippen LogP contribution in [0.25, 0.3) is 6.08 Å². The van der Waals surface area contributed by atoms with Crippen molar-refractivity contribution < 1.29 is 9.16 Å². The molecule has 0 aliphatic carbocycles. The molecule has 0 aromatic heterocycles. The van der Waals surface area contributed by atoms with E-state index in [1.54, 1.807) is 7.11 Å². The first-order valence-electron chi connectivity index (χ1n) is 7.12. The fourth-order valence-electron chi connectivity index (χ4n) is 2.05. The predicted octanol–water partition coefficient (Wildman–Crippen LogP) is 3.67. The molecular formula is C16H26O2Si. The lowest BCUT2D eigenvalue weighted by Crippen LogP contribution is -2.21. The third-order valence-corrected chi connectivity index (χ3v) is 6.02. The van der Waals surface area contributed by atoms with Crippen molar-refractivity contribution in [3.63, 3.8) is 0 Å². The Morgan fingerprint density at radius 2 is 1.89 bits per heavy atom. The average molecular weight is 278 g/mol. The van der Waals surface area contributed by atoms with Gasteiger partial charge in [-0.3, -0.25) is 0 Å². The molecule has 1 rings (SSSR count). The molecule has 2 nitrogen and oxygen atoms in total. The lowest BCUT2D eigenvalue weighted by Gasteiger charge is -2.15. The van der Waals surface area contributed by atoms with Gasteiger partial charge in [0.15, 0.2) is 9.04 Å². The molecule has 0 spiro atoms. The second-order valence-corrected chi connectivity index (χ2v) is 7.49. The standard InChI is InChI=1S/C16H26O2Si/c1-4-13-19(14-12-17-3)18-11-10-16-8-6-15(5-2)7-9-16/h5-9,19H,2,4,10-14H2,1,3H3. The molecule has 1 aromatic carbocycles. The summed E-state index contributed by atoms with van der Waals surface area (Å²) in [7, 11) is 0.713.